The second kappa shape index (κ2) is 5.04. The largest absolute Gasteiger partial charge is 0.340 e. The van der Waals surface area contributed by atoms with Gasteiger partial charge in [-0.15, -0.1) is 23.7 Å². The zero-order valence-electron chi connectivity index (χ0n) is 8.90. The van der Waals surface area contributed by atoms with Crippen LogP contribution in [-0.2, 0) is 11.3 Å². The van der Waals surface area contributed by atoms with E-state index in [0.29, 0.717) is 6.54 Å². The Morgan fingerprint density at radius 2 is 2.31 bits per heavy atom. The van der Waals surface area contributed by atoms with Crippen LogP contribution in [0.25, 0.3) is 0 Å². The van der Waals surface area contributed by atoms with E-state index in [1.807, 2.05) is 11.4 Å². The quantitative estimate of drug-likeness (QED) is 0.927. The van der Waals surface area contributed by atoms with Crippen LogP contribution in [-0.4, -0.2) is 23.4 Å². The lowest BCUT2D eigenvalue weighted by atomic mass is 10.2. The fourth-order valence-corrected chi connectivity index (χ4v) is 2.70. The van der Waals surface area contributed by atoms with E-state index in [0.717, 1.165) is 22.2 Å². The number of thiophene rings is 1. The Hall–Kier alpha value is -0.100. The predicted molar refractivity (Wildman–Crippen MR) is 71.9 cm³/mol. The van der Waals surface area contributed by atoms with Crippen LogP contribution in [0.15, 0.2) is 15.2 Å². The van der Waals surface area contributed by atoms with Gasteiger partial charge in [0.05, 0.1) is 9.33 Å². The van der Waals surface area contributed by atoms with E-state index in [4.69, 9.17) is 5.73 Å². The lowest BCUT2D eigenvalue weighted by molar-refractivity contribution is -0.132. The van der Waals surface area contributed by atoms with E-state index in [1.54, 1.807) is 23.3 Å². The third-order valence-corrected chi connectivity index (χ3v) is 4.16. The molecule has 2 N–H and O–H groups in total. The van der Waals surface area contributed by atoms with Gasteiger partial charge in [0.2, 0.25) is 5.91 Å². The van der Waals surface area contributed by atoms with Gasteiger partial charge in [-0.25, -0.2) is 0 Å². The van der Waals surface area contributed by atoms with Gasteiger partial charge in [-0.1, -0.05) is 0 Å². The minimum atomic E-state index is -0.554. The maximum atomic E-state index is 11.8. The summed E-state index contributed by atoms with van der Waals surface area (Å²) in [5.41, 5.74) is 6.44. The zero-order chi connectivity index (χ0) is 11.1. The Labute approximate surface area is 114 Å². The first-order valence-electron chi connectivity index (χ1n) is 4.79. The predicted octanol–water partition coefficient (Wildman–Crippen LogP) is 2.38. The first kappa shape index (κ1) is 14.0. The molecule has 1 saturated carbocycles. The standard InChI is InChI=1S/C10H13BrN2OS.ClH/c1-13(9(14)10(12)2-3-10)5-7-4-8(11)15-6-7;/h4,6H,2-3,5,12H2,1H3;1H. The van der Waals surface area contributed by atoms with Crippen molar-refractivity contribution in [3.05, 3.63) is 20.8 Å². The van der Waals surface area contributed by atoms with Crippen LogP contribution >= 0.6 is 39.7 Å². The summed E-state index contributed by atoms with van der Waals surface area (Å²) in [5, 5.41) is 2.05. The Morgan fingerprint density at radius 3 is 2.75 bits per heavy atom. The van der Waals surface area contributed by atoms with Gasteiger partial charge in [-0.05, 0) is 45.8 Å². The van der Waals surface area contributed by atoms with Crippen LogP contribution < -0.4 is 5.73 Å². The highest BCUT2D eigenvalue weighted by Crippen LogP contribution is 2.34. The van der Waals surface area contributed by atoms with E-state index in [-0.39, 0.29) is 18.3 Å². The maximum absolute atomic E-state index is 11.8. The van der Waals surface area contributed by atoms with Crippen LogP contribution in [0.1, 0.15) is 18.4 Å². The highest BCUT2D eigenvalue weighted by Gasteiger charge is 2.47. The summed E-state index contributed by atoms with van der Waals surface area (Å²) in [4.78, 5) is 13.5. The Kier molecular flexibility index (Phi) is 4.40. The molecule has 1 aromatic heterocycles. The lowest BCUT2D eigenvalue weighted by Crippen LogP contribution is -2.43. The minimum absolute atomic E-state index is 0. The SMILES string of the molecule is CN(Cc1csc(Br)c1)C(=O)C1(N)CC1.Cl. The fraction of sp³-hybridized carbons (Fsp3) is 0.500. The minimum Gasteiger partial charge on any atom is -0.340 e. The van der Waals surface area contributed by atoms with Gasteiger partial charge in [0, 0.05) is 13.6 Å². The van der Waals surface area contributed by atoms with Gasteiger partial charge in [-0.3, -0.25) is 4.79 Å². The molecular weight excluding hydrogens is 312 g/mol. The molecule has 16 heavy (non-hydrogen) atoms. The van der Waals surface area contributed by atoms with E-state index >= 15 is 0 Å². The Bertz CT molecular complexity index is 392. The molecule has 1 amide bonds. The van der Waals surface area contributed by atoms with Crippen molar-refractivity contribution in [2.45, 2.75) is 24.9 Å². The molecule has 0 aliphatic heterocycles. The number of rotatable bonds is 3. The topological polar surface area (TPSA) is 46.3 Å². The number of halogens is 2. The molecule has 0 atom stereocenters. The molecule has 1 aliphatic carbocycles. The molecule has 0 spiro atoms. The molecule has 1 fully saturated rings. The van der Waals surface area contributed by atoms with Gasteiger partial charge < -0.3 is 10.6 Å². The highest BCUT2D eigenvalue weighted by atomic mass is 79.9. The van der Waals surface area contributed by atoms with Crippen LogP contribution in [0.5, 0.6) is 0 Å². The van der Waals surface area contributed by atoms with Crippen molar-refractivity contribution in [3.63, 3.8) is 0 Å². The molecule has 0 radical (unpaired) electrons. The lowest BCUT2D eigenvalue weighted by Gasteiger charge is -2.20. The van der Waals surface area contributed by atoms with E-state index < -0.39 is 5.54 Å². The van der Waals surface area contributed by atoms with Gasteiger partial charge in [0.15, 0.2) is 0 Å². The number of hydrogen-bond donors (Lipinski definition) is 1. The second-order valence-electron chi connectivity index (χ2n) is 4.08. The molecule has 1 aromatic rings. The molecule has 1 aliphatic rings. The Morgan fingerprint density at radius 1 is 1.69 bits per heavy atom. The molecule has 3 nitrogen and oxygen atoms in total. The molecule has 0 saturated heterocycles. The zero-order valence-corrected chi connectivity index (χ0v) is 12.1. The summed E-state index contributed by atoms with van der Waals surface area (Å²) < 4.78 is 1.09. The summed E-state index contributed by atoms with van der Waals surface area (Å²) >= 11 is 5.03. The molecule has 6 heteroatoms. The summed E-state index contributed by atoms with van der Waals surface area (Å²) in [6.45, 7) is 0.639. The highest BCUT2D eigenvalue weighted by molar-refractivity contribution is 9.11. The van der Waals surface area contributed by atoms with E-state index in [2.05, 4.69) is 15.9 Å². The summed E-state index contributed by atoms with van der Waals surface area (Å²) in [5.74, 6) is 0.0600. The van der Waals surface area contributed by atoms with Crippen LogP contribution in [0.3, 0.4) is 0 Å². The summed E-state index contributed by atoms with van der Waals surface area (Å²) in [6, 6.07) is 2.03. The fourth-order valence-electron chi connectivity index (χ4n) is 1.50. The number of likely N-dealkylation sites (N-methyl/N-ethyl adjacent to an activating group) is 1. The molecule has 90 valence electrons. The Balaban J connectivity index is 0.00000128. The van der Waals surface area contributed by atoms with Gasteiger partial charge in [-0.2, -0.15) is 0 Å². The molecular formula is C10H14BrClN2OS. The van der Waals surface area contributed by atoms with Crippen molar-refractivity contribution in [3.8, 4) is 0 Å². The van der Waals surface area contributed by atoms with Crippen molar-refractivity contribution < 1.29 is 4.79 Å². The van der Waals surface area contributed by atoms with Gasteiger partial charge in [0.25, 0.3) is 0 Å². The average Bonchev–Trinajstić information content (AvgIpc) is 2.80. The summed E-state index contributed by atoms with van der Waals surface area (Å²) in [7, 11) is 1.81. The number of amides is 1. The van der Waals surface area contributed by atoms with Crippen LogP contribution in [0.4, 0.5) is 0 Å². The number of hydrogen-bond acceptors (Lipinski definition) is 3. The average molecular weight is 326 g/mol. The molecule has 2 rings (SSSR count). The van der Waals surface area contributed by atoms with E-state index in [1.165, 1.54) is 0 Å². The molecule has 0 bridgehead atoms. The number of nitrogens with zero attached hydrogens (tertiary/aromatic N) is 1. The monoisotopic (exact) mass is 324 g/mol. The van der Waals surface area contributed by atoms with Crippen LogP contribution in [0.2, 0.25) is 0 Å². The van der Waals surface area contributed by atoms with Gasteiger partial charge >= 0.3 is 0 Å². The number of carbonyl (C=O) groups excluding carboxylic acids is 1. The van der Waals surface area contributed by atoms with Crippen molar-refractivity contribution in [2.24, 2.45) is 5.73 Å². The van der Waals surface area contributed by atoms with E-state index in [9.17, 15) is 4.79 Å². The van der Waals surface area contributed by atoms with Crippen molar-refractivity contribution in [1.82, 2.24) is 4.90 Å². The van der Waals surface area contributed by atoms with Crippen molar-refractivity contribution in [1.29, 1.82) is 0 Å². The number of carbonyl (C=O) groups is 1. The van der Waals surface area contributed by atoms with Gasteiger partial charge in [0.1, 0.15) is 0 Å². The number of nitrogens with two attached hydrogens (primary N) is 1. The molecule has 0 aromatic carbocycles. The molecule has 1 heterocycles. The van der Waals surface area contributed by atoms with Crippen molar-refractivity contribution in [2.75, 3.05) is 7.05 Å². The smallest absolute Gasteiger partial charge is 0.242 e. The van der Waals surface area contributed by atoms with Crippen LogP contribution in [0, 0.1) is 0 Å². The van der Waals surface area contributed by atoms with Crippen molar-refractivity contribution >= 4 is 45.6 Å². The molecule has 0 unspecified atom stereocenters. The maximum Gasteiger partial charge on any atom is 0.242 e. The third-order valence-electron chi connectivity index (χ3n) is 2.60. The third kappa shape index (κ3) is 2.97. The normalized spacial score (nSPS) is 16.4. The summed E-state index contributed by atoms with van der Waals surface area (Å²) in [6.07, 6.45) is 1.65. The second-order valence-corrected chi connectivity index (χ2v) is 6.37. The first-order valence-corrected chi connectivity index (χ1v) is 6.46. The first-order chi connectivity index (χ1) is 7.01.